The minimum Gasteiger partial charge on any atom is -0.351 e. The molecule has 0 aromatic carbocycles. The summed E-state index contributed by atoms with van der Waals surface area (Å²) in [6.45, 7) is 4.45. The van der Waals surface area contributed by atoms with Crippen LogP contribution in [0.4, 0.5) is 0 Å². The molecule has 0 aliphatic heterocycles. The molecule has 0 saturated carbocycles. The molecule has 20 heavy (non-hydrogen) atoms. The number of rotatable bonds is 7. The zero-order valence-electron chi connectivity index (χ0n) is 12.0. The van der Waals surface area contributed by atoms with Crippen LogP contribution in [0, 0.1) is 0 Å². The molecular formula is C13H21N3O3S. The predicted molar refractivity (Wildman–Crippen MR) is 77.9 cm³/mol. The lowest BCUT2D eigenvalue weighted by molar-refractivity contribution is 0.0947. The Kier molecular flexibility index (Phi) is 6.09. The van der Waals surface area contributed by atoms with Crippen LogP contribution < -0.4 is 5.32 Å². The number of nitrogens with one attached hydrogen (secondary N) is 1. The second-order valence-electron chi connectivity index (χ2n) is 4.79. The summed E-state index contributed by atoms with van der Waals surface area (Å²) in [6, 6.07) is 5.03. The first-order chi connectivity index (χ1) is 9.32. The maximum absolute atomic E-state index is 11.7. The van der Waals surface area contributed by atoms with Crippen molar-refractivity contribution in [1.82, 2.24) is 14.6 Å². The zero-order chi connectivity index (χ0) is 15.2. The van der Waals surface area contributed by atoms with Crippen LogP contribution in [0.15, 0.2) is 24.4 Å². The average Bonchev–Trinajstić information content (AvgIpc) is 2.37. The van der Waals surface area contributed by atoms with Crippen molar-refractivity contribution in [3.05, 3.63) is 30.1 Å². The molecule has 1 amide bonds. The van der Waals surface area contributed by atoms with E-state index in [0.29, 0.717) is 25.2 Å². The Balaban J connectivity index is 2.40. The summed E-state index contributed by atoms with van der Waals surface area (Å²) in [6.07, 6.45) is 3.31. The molecule has 1 aromatic rings. The van der Waals surface area contributed by atoms with Crippen molar-refractivity contribution in [2.75, 3.05) is 19.3 Å². The fourth-order valence-electron chi connectivity index (χ4n) is 1.83. The molecule has 1 N–H and O–H groups in total. The van der Waals surface area contributed by atoms with Gasteiger partial charge >= 0.3 is 0 Å². The molecule has 1 aromatic heterocycles. The number of carbonyl (C=O) groups is 1. The van der Waals surface area contributed by atoms with Crippen LogP contribution in [-0.4, -0.2) is 49.0 Å². The molecular weight excluding hydrogens is 278 g/mol. The summed E-state index contributed by atoms with van der Waals surface area (Å²) in [4.78, 5) is 15.7. The monoisotopic (exact) mass is 299 g/mol. The first kappa shape index (κ1) is 16.6. The lowest BCUT2D eigenvalue weighted by Gasteiger charge is -2.23. The largest absolute Gasteiger partial charge is 0.351 e. The van der Waals surface area contributed by atoms with E-state index < -0.39 is 10.0 Å². The van der Waals surface area contributed by atoms with Gasteiger partial charge in [-0.2, -0.15) is 4.31 Å². The smallest absolute Gasteiger partial charge is 0.269 e. The van der Waals surface area contributed by atoms with Crippen molar-refractivity contribution in [2.24, 2.45) is 0 Å². The maximum atomic E-state index is 11.7. The lowest BCUT2D eigenvalue weighted by Crippen LogP contribution is -2.38. The molecule has 0 aliphatic carbocycles. The number of pyridine rings is 1. The van der Waals surface area contributed by atoms with Crippen molar-refractivity contribution in [3.8, 4) is 0 Å². The van der Waals surface area contributed by atoms with Crippen molar-refractivity contribution >= 4 is 15.9 Å². The quantitative estimate of drug-likeness (QED) is 0.758. The molecule has 6 nitrogen and oxygen atoms in total. The van der Waals surface area contributed by atoms with E-state index in [1.807, 2.05) is 13.8 Å². The van der Waals surface area contributed by atoms with Gasteiger partial charge in [0.05, 0.1) is 6.26 Å². The van der Waals surface area contributed by atoms with E-state index in [1.54, 1.807) is 24.4 Å². The van der Waals surface area contributed by atoms with Gasteiger partial charge in [0.25, 0.3) is 5.91 Å². The van der Waals surface area contributed by atoms with Gasteiger partial charge in [-0.25, -0.2) is 8.42 Å². The van der Waals surface area contributed by atoms with E-state index in [4.69, 9.17) is 0 Å². The highest BCUT2D eigenvalue weighted by Gasteiger charge is 2.19. The van der Waals surface area contributed by atoms with Gasteiger partial charge in [0.15, 0.2) is 0 Å². The van der Waals surface area contributed by atoms with Crippen LogP contribution >= 0.6 is 0 Å². The molecule has 0 unspecified atom stereocenters. The van der Waals surface area contributed by atoms with Crippen LogP contribution in [0.1, 0.15) is 30.8 Å². The van der Waals surface area contributed by atoms with Gasteiger partial charge in [0, 0.05) is 25.3 Å². The second-order valence-corrected chi connectivity index (χ2v) is 6.73. The topological polar surface area (TPSA) is 79.4 Å². The summed E-state index contributed by atoms with van der Waals surface area (Å²) in [5, 5.41) is 2.72. The minimum absolute atomic E-state index is 0.0866. The molecule has 112 valence electrons. The molecule has 0 radical (unpaired) electrons. The van der Waals surface area contributed by atoms with Gasteiger partial charge in [0.1, 0.15) is 5.69 Å². The van der Waals surface area contributed by atoms with E-state index in [0.717, 1.165) is 0 Å². The highest BCUT2D eigenvalue weighted by molar-refractivity contribution is 7.88. The highest BCUT2D eigenvalue weighted by Crippen LogP contribution is 2.05. The molecule has 0 atom stereocenters. The summed E-state index contributed by atoms with van der Waals surface area (Å²) in [5.41, 5.74) is 0.358. The van der Waals surface area contributed by atoms with Crippen molar-refractivity contribution in [1.29, 1.82) is 0 Å². The molecule has 0 spiro atoms. The van der Waals surface area contributed by atoms with E-state index in [2.05, 4.69) is 10.3 Å². The second kappa shape index (κ2) is 7.35. The third-order valence-electron chi connectivity index (χ3n) is 2.74. The summed E-state index contributed by atoms with van der Waals surface area (Å²) >= 11 is 0. The number of amides is 1. The van der Waals surface area contributed by atoms with Gasteiger partial charge in [-0.15, -0.1) is 0 Å². The summed E-state index contributed by atoms with van der Waals surface area (Å²) < 4.78 is 24.5. The van der Waals surface area contributed by atoms with E-state index in [1.165, 1.54) is 10.6 Å². The Hall–Kier alpha value is -1.47. The number of sulfonamides is 1. The number of aromatic nitrogens is 1. The average molecular weight is 299 g/mol. The van der Waals surface area contributed by atoms with E-state index >= 15 is 0 Å². The number of carbonyl (C=O) groups excluding carboxylic acids is 1. The standard InChI is InChI=1S/C13H21N3O3S/c1-11(2)16(20(3,18)19)10-6-9-15-13(17)12-7-4-5-8-14-12/h4-5,7-8,11H,6,9-10H2,1-3H3,(H,15,17). The van der Waals surface area contributed by atoms with Gasteiger partial charge in [-0.3, -0.25) is 9.78 Å². The molecule has 0 saturated heterocycles. The maximum Gasteiger partial charge on any atom is 0.269 e. The number of nitrogens with zero attached hydrogens (tertiary/aromatic N) is 2. The molecule has 1 heterocycles. The third kappa shape index (κ3) is 5.26. The first-order valence-corrected chi connectivity index (χ1v) is 8.33. The van der Waals surface area contributed by atoms with E-state index in [-0.39, 0.29) is 11.9 Å². The van der Waals surface area contributed by atoms with Crippen molar-refractivity contribution in [2.45, 2.75) is 26.3 Å². The van der Waals surface area contributed by atoms with Gasteiger partial charge in [-0.05, 0) is 32.4 Å². The molecule has 0 aliphatic rings. The Bertz CT molecular complexity index is 529. The number of hydrogen-bond acceptors (Lipinski definition) is 4. The van der Waals surface area contributed by atoms with Crippen molar-refractivity contribution < 1.29 is 13.2 Å². The molecule has 7 heteroatoms. The predicted octanol–water partition coefficient (Wildman–Crippen LogP) is 0.872. The number of hydrogen-bond donors (Lipinski definition) is 1. The first-order valence-electron chi connectivity index (χ1n) is 6.48. The minimum atomic E-state index is -3.21. The van der Waals surface area contributed by atoms with Gasteiger partial charge in [0.2, 0.25) is 10.0 Å². The Labute approximate surface area is 120 Å². The van der Waals surface area contributed by atoms with Crippen LogP contribution in [-0.2, 0) is 10.0 Å². The fourth-order valence-corrected chi connectivity index (χ4v) is 3.06. The Morgan fingerprint density at radius 2 is 2.10 bits per heavy atom. The Morgan fingerprint density at radius 1 is 1.40 bits per heavy atom. The van der Waals surface area contributed by atoms with Crippen LogP contribution in [0.3, 0.4) is 0 Å². The van der Waals surface area contributed by atoms with Crippen LogP contribution in [0.25, 0.3) is 0 Å². The molecule has 1 rings (SSSR count). The zero-order valence-corrected chi connectivity index (χ0v) is 12.9. The SMILES string of the molecule is CC(C)N(CCCNC(=O)c1ccccn1)S(C)(=O)=O. The summed E-state index contributed by atoms with van der Waals surface area (Å²) in [7, 11) is -3.21. The van der Waals surface area contributed by atoms with E-state index in [9.17, 15) is 13.2 Å². The highest BCUT2D eigenvalue weighted by atomic mass is 32.2. The van der Waals surface area contributed by atoms with Crippen LogP contribution in [0.5, 0.6) is 0 Å². The Morgan fingerprint density at radius 3 is 2.60 bits per heavy atom. The van der Waals surface area contributed by atoms with Gasteiger partial charge < -0.3 is 5.32 Å². The molecule has 0 fully saturated rings. The van der Waals surface area contributed by atoms with Gasteiger partial charge in [-0.1, -0.05) is 6.07 Å². The summed E-state index contributed by atoms with van der Waals surface area (Å²) in [5.74, 6) is -0.249. The third-order valence-corrected chi connectivity index (χ3v) is 4.20. The lowest BCUT2D eigenvalue weighted by atomic mass is 10.3. The van der Waals surface area contributed by atoms with Crippen LogP contribution in [0.2, 0.25) is 0 Å². The normalized spacial score (nSPS) is 11.8. The molecule has 0 bridgehead atoms. The van der Waals surface area contributed by atoms with Crippen molar-refractivity contribution in [3.63, 3.8) is 0 Å². The fraction of sp³-hybridized carbons (Fsp3) is 0.538.